The molecule has 1 amide bonds. The fourth-order valence-corrected chi connectivity index (χ4v) is 3.65. The predicted octanol–water partition coefficient (Wildman–Crippen LogP) is 4.51. The summed E-state index contributed by atoms with van der Waals surface area (Å²) in [6.45, 7) is 0.662. The van der Waals surface area contributed by atoms with Crippen LogP contribution >= 0.6 is 11.6 Å². The molecule has 0 heterocycles. The van der Waals surface area contributed by atoms with Gasteiger partial charge in [-0.15, -0.1) is 0 Å². The third-order valence-electron chi connectivity index (χ3n) is 4.83. The molecule has 2 nitrogen and oxygen atoms in total. The zero-order chi connectivity index (χ0) is 16.1. The molecular formula is C20H22ClNO. The fraction of sp³-hybridized carbons (Fsp3) is 0.350. The van der Waals surface area contributed by atoms with Gasteiger partial charge in [0.2, 0.25) is 5.91 Å². The summed E-state index contributed by atoms with van der Waals surface area (Å²) in [4.78, 5) is 12.9. The molecule has 0 aromatic heterocycles. The predicted molar refractivity (Wildman–Crippen MR) is 94.8 cm³/mol. The zero-order valence-electron chi connectivity index (χ0n) is 13.2. The summed E-state index contributed by atoms with van der Waals surface area (Å²) in [5, 5.41) is 3.90. The van der Waals surface area contributed by atoms with Gasteiger partial charge in [-0.1, -0.05) is 66.9 Å². The van der Waals surface area contributed by atoms with Gasteiger partial charge in [0.05, 0.1) is 5.41 Å². The van der Waals surface area contributed by atoms with Crippen molar-refractivity contribution in [2.45, 2.75) is 37.5 Å². The standard InChI is InChI=1S/C20H22ClNO/c21-18-10-8-16(9-11-18)12-15-22-19(23)20(13-4-5-14-20)17-6-2-1-3-7-17/h1-3,6-11H,4-5,12-15H2,(H,22,23). The minimum atomic E-state index is -0.332. The Balaban J connectivity index is 1.64. The van der Waals surface area contributed by atoms with Gasteiger partial charge in [-0.3, -0.25) is 4.79 Å². The maximum absolute atomic E-state index is 12.9. The van der Waals surface area contributed by atoms with Crippen molar-refractivity contribution < 1.29 is 4.79 Å². The van der Waals surface area contributed by atoms with E-state index in [9.17, 15) is 4.79 Å². The Kier molecular flexibility index (Phi) is 5.02. The number of nitrogens with one attached hydrogen (secondary N) is 1. The molecule has 1 saturated carbocycles. The van der Waals surface area contributed by atoms with Gasteiger partial charge in [-0.2, -0.15) is 0 Å². The van der Waals surface area contributed by atoms with Gasteiger partial charge in [-0.25, -0.2) is 0 Å². The summed E-state index contributed by atoms with van der Waals surface area (Å²) >= 11 is 5.90. The van der Waals surface area contributed by atoms with Crippen LogP contribution in [0.4, 0.5) is 0 Å². The van der Waals surface area contributed by atoms with E-state index < -0.39 is 0 Å². The van der Waals surface area contributed by atoms with Crippen molar-refractivity contribution in [3.63, 3.8) is 0 Å². The number of halogens is 1. The van der Waals surface area contributed by atoms with Gasteiger partial charge in [0.15, 0.2) is 0 Å². The first-order chi connectivity index (χ1) is 11.2. The number of rotatable bonds is 5. The molecule has 1 N–H and O–H groups in total. The second-order valence-electron chi connectivity index (χ2n) is 6.29. The van der Waals surface area contributed by atoms with E-state index in [-0.39, 0.29) is 11.3 Å². The SMILES string of the molecule is O=C(NCCc1ccc(Cl)cc1)C1(c2ccccc2)CCCC1. The Morgan fingerprint density at radius 1 is 1.00 bits per heavy atom. The summed E-state index contributed by atoms with van der Waals surface area (Å²) in [5.41, 5.74) is 2.01. The molecule has 120 valence electrons. The molecule has 1 aliphatic rings. The molecule has 2 aromatic rings. The number of carbonyl (C=O) groups is 1. The Morgan fingerprint density at radius 3 is 2.30 bits per heavy atom. The summed E-state index contributed by atoms with van der Waals surface area (Å²) in [5.74, 6) is 0.176. The largest absolute Gasteiger partial charge is 0.355 e. The highest BCUT2D eigenvalue weighted by molar-refractivity contribution is 6.30. The van der Waals surface area contributed by atoms with Crippen molar-refractivity contribution in [2.75, 3.05) is 6.54 Å². The second-order valence-corrected chi connectivity index (χ2v) is 6.72. The lowest BCUT2D eigenvalue weighted by atomic mass is 9.78. The smallest absolute Gasteiger partial charge is 0.230 e. The molecule has 3 heteroatoms. The molecule has 0 spiro atoms. The molecule has 0 aliphatic heterocycles. The Hall–Kier alpha value is -1.80. The number of hydrogen-bond donors (Lipinski definition) is 1. The van der Waals surface area contributed by atoms with E-state index in [1.807, 2.05) is 42.5 Å². The van der Waals surface area contributed by atoms with Crippen LogP contribution in [0.15, 0.2) is 54.6 Å². The monoisotopic (exact) mass is 327 g/mol. The number of amides is 1. The maximum atomic E-state index is 12.9. The molecule has 0 unspecified atom stereocenters. The van der Waals surface area contributed by atoms with Crippen molar-refractivity contribution in [2.24, 2.45) is 0 Å². The van der Waals surface area contributed by atoms with Gasteiger partial charge in [0, 0.05) is 11.6 Å². The Bertz CT molecular complexity index is 645. The Labute approximate surface area is 142 Å². The highest BCUT2D eigenvalue weighted by Gasteiger charge is 2.42. The molecule has 1 fully saturated rings. The first-order valence-electron chi connectivity index (χ1n) is 8.29. The average Bonchev–Trinajstić information content (AvgIpc) is 3.08. The Morgan fingerprint density at radius 2 is 1.65 bits per heavy atom. The zero-order valence-corrected chi connectivity index (χ0v) is 14.0. The molecule has 0 atom stereocenters. The average molecular weight is 328 g/mol. The van der Waals surface area contributed by atoms with E-state index in [2.05, 4.69) is 17.4 Å². The summed E-state index contributed by atoms with van der Waals surface area (Å²) in [7, 11) is 0. The van der Waals surface area contributed by atoms with Crippen LogP contribution in [0.1, 0.15) is 36.8 Å². The van der Waals surface area contributed by atoms with E-state index in [1.165, 1.54) is 5.56 Å². The lowest BCUT2D eigenvalue weighted by Gasteiger charge is -2.28. The molecule has 0 saturated heterocycles. The quantitative estimate of drug-likeness (QED) is 0.860. The van der Waals surface area contributed by atoms with Gasteiger partial charge in [-0.05, 0) is 42.5 Å². The van der Waals surface area contributed by atoms with Crippen LogP contribution in [0.5, 0.6) is 0 Å². The van der Waals surface area contributed by atoms with Crippen LogP contribution in [0.3, 0.4) is 0 Å². The van der Waals surface area contributed by atoms with Crippen molar-refractivity contribution in [1.82, 2.24) is 5.32 Å². The van der Waals surface area contributed by atoms with Crippen LogP contribution in [0.25, 0.3) is 0 Å². The number of carbonyl (C=O) groups excluding carboxylic acids is 1. The third kappa shape index (κ3) is 3.59. The van der Waals surface area contributed by atoms with Gasteiger partial charge < -0.3 is 5.32 Å². The molecule has 1 aliphatic carbocycles. The number of hydrogen-bond acceptors (Lipinski definition) is 1. The van der Waals surface area contributed by atoms with Gasteiger partial charge in [0.1, 0.15) is 0 Å². The van der Waals surface area contributed by atoms with E-state index in [0.717, 1.165) is 42.7 Å². The molecule has 3 rings (SSSR count). The lowest BCUT2D eigenvalue weighted by Crippen LogP contribution is -2.43. The van der Waals surface area contributed by atoms with Crippen molar-refractivity contribution in [1.29, 1.82) is 0 Å². The highest BCUT2D eigenvalue weighted by Crippen LogP contribution is 2.41. The molecule has 23 heavy (non-hydrogen) atoms. The van der Waals surface area contributed by atoms with E-state index in [1.54, 1.807) is 0 Å². The topological polar surface area (TPSA) is 29.1 Å². The maximum Gasteiger partial charge on any atom is 0.230 e. The van der Waals surface area contributed by atoms with Crippen molar-refractivity contribution >= 4 is 17.5 Å². The summed E-state index contributed by atoms with van der Waals surface area (Å²) in [6.07, 6.45) is 4.97. The van der Waals surface area contributed by atoms with Gasteiger partial charge >= 0.3 is 0 Å². The van der Waals surface area contributed by atoms with Gasteiger partial charge in [0.25, 0.3) is 0 Å². The second kappa shape index (κ2) is 7.18. The first kappa shape index (κ1) is 16.1. The molecular weight excluding hydrogens is 306 g/mol. The van der Waals surface area contributed by atoms with Crippen LogP contribution in [0, 0.1) is 0 Å². The van der Waals surface area contributed by atoms with Crippen molar-refractivity contribution in [3.8, 4) is 0 Å². The minimum absolute atomic E-state index is 0.176. The van der Waals surface area contributed by atoms with E-state index >= 15 is 0 Å². The molecule has 0 radical (unpaired) electrons. The van der Waals surface area contributed by atoms with Crippen LogP contribution < -0.4 is 5.32 Å². The minimum Gasteiger partial charge on any atom is -0.355 e. The highest BCUT2D eigenvalue weighted by atomic mass is 35.5. The normalized spacial score (nSPS) is 16.2. The fourth-order valence-electron chi connectivity index (χ4n) is 3.52. The lowest BCUT2D eigenvalue weighted by molar-refractivity contribution is -0.126. The van der Waals surface area contributed by atoms with Crippen LogP contribution in [-0.2, 0) is 16.6 Å². The summed E-state index contributed by atoms with van der Waals surface area (Å²) < 4.78 is 0. The third-order valence-corrected chi connectivity index (χ3v) is 5.08. The molecule has 0 bridgehead atoms. The van der Waals surface area contributed by atoms with Crippen LogP contribution in [-0.4, -0.2) is 12.5 Å². The van der Waals surface area contributed by atoms with E-state index in [4.69, 9.17) is 11.6 Å². The summed E-state index contributed by atoms with van der Waals surface area (Å²) in [6, 6.07) is 18.0. The molecule has 2 aromatic carbocycles. The first-order valence-corrected chi connectivity index (χ1v) is 8.67. The van der Waals surface area contributed by atoms with Crippen LogP contribution in [0.2, 0.25) is 5.02 Å². The van der Waals surface area contributed by atoms with E-state index in [0.29, 0.717) is 6.54 Å². The number of benzene rings is 2. The van der Waals surface area contributed by atoms with Crippen molar-refractivity contribution in [3.05, 3.63) is 70.7 Å².